The molecule has 2 heterocycles. The molecule has 1 N–H and O–H groups in total. The Bertz CT molecular complexity index is 1220. The van der Waals surface area contributed by atoms with Crippen LogP contribution >= 0.6 is 11.8 Å². The lowest BCUT2D eigenvalue weighted by Gasteiger charge is -2.13. The van der Waals surface area contributed by atoms with Gasteiger partial charge in [0.25, 0.3) is 0 Å². The van der Waals surface area contributed by atoms with Crippen LogP contribution in [0.15, 0.2) is 53.7 Å². The number of aromatic nitrogens is 5. The molecule has 1 unspecified atom stereocenters. The molecule has 0 radical (unpaired) electrons. The number of thioether (sulfide) groups is 1. The third kappa shape index (κ3) is 4.02. The molecule has 0 aliphatic rings. The smallest absolute Gasteiger partial charge is 0.249 e. The van der Waals surface area contributed by atoms with Gasteiger partial charge < -0.3 is 0 Å². The summed E-state index contributed by atoms with van der Waals surface area (Å²) in [6.45, 7) is 5.39. The minimum atomic E-state index is -0.480. The molecule has 0 spiro atoms. The first-order chi connectivity index (χ1) is 14.4. The number of carbonyl (C=O) groups excluding carboxylic acids is 1. The van der Waals surface area contributed by atoms with Crippen LogP contribution in [0.5, 0.6) is 0 Å². The summed E-state index contributed by atoms with van der Waals surface area (Å²) in [5.41, 5.74) is 3.85. The first-order valence-corrected chi connectivity index (χ1v) is 10.2. The van der Waals surface area contributed by atoms with Crippen molar-refractivity contribution >= 4 is 34.7 Å². The predicted octanol–water partition coefficient (Wildman–Crippen LogP) is 4.09. The topological polar surface area (TPSA) is 85.6 Å². The minimum absolute atomic E-state index is 0.169. The highest BCUT2D eigenvalue weighted by atomic mass is 32.2. The van der Waals surface area contributed by atoms with Crippen molar-refractivity contribution < 1.29 is 9.18 Å². The number of anilines is 1. The molecule has 7 nitrogen and oxygen atoms in total. The van der Waals surface area contributed by atoms with Crippen LogP contribution in [-0.2, 0) is 4.79 Å². The third-order valence-electron chi connectivity index (χ3n) is 4.59. The quantitative estimate of drug-likeness (QED) is 0.488. The second-order valence-corrected chi connectivity index (χ2v) is 8.06. The Kier molecular flexibility index (Phi) is 5.45. The van der Waals surface area contributed by atoms with E-state index in [0.717, 1.165) is 16.7 Å². The predicted molar refractivity (Wildman–Crippen MR) is 114 cm³/mol. The van der Waals surface area contributed by atoms with Crippen molar-refractivity contribution in [2.45, 2.75) is 31.2 Å². The van der Waals surface area contributed by atoms with Crippen molar-refractivity contribution in [2.24, 2.45) is 0 Å². The van der Waals surface area contributed by atoms with E-state index in [1.165, 1.54) is 23.9 Å². The van der Waals surface area contributed by atoms with E-state index in [0.29, 0.717) is 16.5 Å². The molecule has 9 heteroatoms. The summed E-state index contributed by atoms with van der Waals surface area (Å²) in [7, 11) is 0. The summed E-state index contributed by atoms with van der Waals surface area (Å²) in [5.74, 6) is -0.405. The van der Waals surface area contributed by atoms with Crippen LogP contribution in [0.3, 0.4) is 0 Å². The summed E-state index contributed by atoms with van der Waals surface area (Å²) in [6.07, 6.45) is 0. The standard InChI is InChI=1S/C21H19FN6OS/c1-12-13(2)26-27-20(23-12)25-19(29)14(3)30-21-24-17-6-4-5-7-18(17)28(21)16-10-8-15(22)9-11-16/h4-11,14H,1-3H3,(H,23,25,27,29). The Morgan fingerprint density at radius 2 is 1.77 bits per heavy atom. The molecule has 4 aromatic rings. The molecular weight excluding hydrogens is 403 g/mol. The molecule has 1 atom stereocenters. The van der Waals surface area contributed by atoms with E-state index in [-0.39, 0.29) is 17.7 Å². The van der Waals surface area contributed by atoms with Crippen LogP contribution in [-0.4, -0.2) is 35.9 Å². The van der Waals surface area contributed by atoms with Gasteiger partial charge in [0.05, 0.1) is 27.7 Å². The SMILES string of the molecule is Cc1nnc(NC(=O)C(C)Sc2nc3ccccc3n2-c2ccc(F)cc2)nc1C. The maximum Gasteiger partial charge on any atom is 0.249 e. The Morgan fingerprint density at radius 1 is 1.03 bits per heavy atom. The summed E-state index contributed by atoms with van der Waals surface area (Å²) in [5, 5.41) is 10.7. The number of nitrogens with zero attached hydrogens (tertiary/aromatic N) is 5. The zero-order valence-corrected chi connectivity index (χ0v) is 17.4. The Balaban J connectivity index is 1.62. The van der Waals surface area contributed by atoms with Gasteiger partial charge in [0.2, 0.25) is 11.9 Å². The zero-order chi connectivity index (χ0) is 21.3. The van der Waals surface area contributed by atoms with Crippen molar-refractivity contribution in [3.8, 4) is 5.69 Å². The van der Waals surface area contributed by atoms with E-state index < -0.39 is 5.25 Å². The van der Waals surface area contributed by atoms with E-state index >= 15 is 0 Å². The van der Waals surface area contributed by atoms with Gasteiger partial charge in [-0.3, -0.25) is 14.7 Å². The molecule has 2 aromatic heterocycles. The second kappa shape index (κ2) is 8.19. The maximum atomic E-state index is 13.4. The first-order valence-electron chi connectivity index (χ1n) is 9.31. The van der Waals surface area contributed by atoms with Crippen LogP contribution in [0.4, 0.5) is 10.3 Å². The number of hydrogen-bond donors (Lipinski definition) is 1. The summed E-state index contributed by atoms with van der Waals surface area (Å²) in [6, 6.07) is 13.8. The molecule has 0 saturated heterocycles. The number of nitrogens with one attached hydrogen (secondary N) is 1. The Morgan fingerprint density at radius 3 is 2.50 bits per heavy atom. The zero-order valence-electron chi connectivity index (χ0n) is 16.6. The lowest BCUT2D eigenvalue weighted by atomic mass is 10.3. The number of amides is 1. The molecule has 0 fully saturated rings. The lowest BCUT2D eigenvalue weighted by molar-refractivity contribution is -0.115. The number of halogens is 1. The minimum Gasteiger partial charge on any atom is -0.292 e. The molecule has 30 heavy (non-hydrogen) atoms. The highest BCUT2D eigenvalue weighted by molar-refractivity contribution is 8.00. The number of benzene rings is 2. The number of fused-ring (bicyclic) bond motifs is 1. The van der Waals surface area contributed by atoms with Gasteiger partial charge >= 0.3 is 0 Å². The Labute approximate surface area is 176 Å². The van der Waals surface area contributed by atoms with E-state index in [4.69, 9.17) is 0 Å². The van der Waals surface area contributed by atoms with Gasteiger partial charge in [0.1, 0.15) is 5.82 Å². The fourth-order valence-corrected chi connectivity index (χ4v) is 3.80. The van der Waals surface area contributed by atoms with Crippen LogP contribution in [0, 0.1) is 19.7 Å². The number of rotatable bonds is 5. The average Bonchev–Trinajstić information content (AvgIpc) is 3.09. The van der Waals surface area contributed by atoms with Crippen molar-refractivity contribution in [2.75, 3.05) is 5.32 Å². The number of aryl methyl sites for hydroxylation is 2. The van der Waals surface area contributed by atoms with E-state index in [9.17, 15) is 9.18 Å². The molecule has 0 aliphatic heterocycles. The van der Waals surface area contributed by atoms with Crippen molar-refractivity contribution in [3.63, 3.8) is 0 Å². The third-order valence-corrected chi connectivity index (χ3v) is 5.65. The molecule has 1 amide bonds. The number of carbonyl (C=O) groups is 1. The van der Waals surface area contributed by atoms with Gasteiger partial charge in [-0.15, -0.1) is 5.10 Å². The van der Waals surface area contributed by atoms with Gasteiger partial charge in [0.15, 0.2) is 5.16 Å². The average molecular weight is 422 g/mol. The normalized spacial score (nSPS) is 12.1. The van der Waals surface area contributed by atoms with E-state index in [2.05, 4.69) is 25.5 Å². The van der Waals surface area contributed by atoms with Crippen LogP contribution in [0.2, 0.25) is 0 Å². The van der Waals surface area contributed by atoms with Crippen LogP contribution in [0.25, 0.3) is 16.7 Å². The number of imidazole rings is 1. The molecule has 0 aliphatic carbocycles. The fraction of sp³-hybridized carbons (Fsp3) is 0.190. The molecule has 4 rings (SSSR count). The Hall–Kier alpha value is -3.33. The van der Waals surface area contributed by atoms with Crippen molar-refractivity contribution in [1.82, 2.24) is 24.7 Å². The molecular formula is C21H19FN6OS. The molecule has 152 valence electrons. The van der Waals surface area contributed by atoms with Gasteiger partial charge in [0, 0.05) is 5.69 Å². The van der Waals surface area contributed by atoms with Crippen LogP contribution < -0.4 is 5.32 Å². The van der Waals surface area contributed by atoms with E-state index in [1.54, 1.807) is 26.0 Å². The monoisotopic (exact) mass is 422 g/mol. The van der Waals surface area contributed by atoms with Crippen LogP contribution in [0.1, 0.15) is 18.3 Å². The molecule has 2 aromatic carbocycles. The van der Waals surface area contributed by atoms with Gasteiger partial charge in [-0.1, -0.05) is 23.9 Å². The van der Waals surface area contributed by atoms with Crippen molar-refractivity contribution in [3.05, 3.63) is 65.7 Å². The number of hydrogen-bond acceptors (Lipinski definition) is 6. The van der Waals surface area contributed by atoms with E-state index in [1.807, 2.05) is 35.8 Å². The second-order valence-electron chi connectivity index (χ2n) is 6.75. The largest absolute Gasteiger partial charge is 0.292 e. The van der Waals surface area contributed by atoms with Gasteiger partial charge in [-0.05, 0) is 57.2 Å². The van der Waals surface area contributed by atoms with Gasteiger partial charge in [-0.25, -0.2) is 14.4 Å². The molecule has 0 saturated carbocycles. The highest BCUT2D eigenvalue weighted by Crippen LogP contribution is 2.30. The summed E-state index contributed by atoms with van der Waals surface area (Å²) >= 11 is 1.30. The summed E-state index contributed by atoms with van der Waals surface area (Å²) < 4.78 is 15.3. The van der Waals surface area contributed by atoms with Gasteiger partial charge in [-0.2, -0.15) is 5.10 Å². The highest BCUT2D eigenvalue weighted by Gasteiger charge is 2.21. The lowest BCUT2D eigenvalue weighted by Crippen LogP contribution is -2.24. The number of para-hydroxylation sites is 2. The molecule has 0 bridgehead atoms. The fourth-order valence-electron chi connectivity index (χ4n) is 2.86. The first kappa shape index (κ1) is 20.0. The summed E-state index contributed by atoms with van der Waals surface area (Å²) in [4.78, 5) is 21.6. The van der Waals surface area contributed by atoms with Crippen molar-refractivity contribution in [1.29, 1.82) is 0 Å². The maximum absolute atomic E-state index is 13.4.